The maximum Gasteiger partial charge on any atom is -0.0326 e. The molecule has 0 heterocycles. The Labute approximate surface area is 58.7 Å². The zero-order valence-electron chi connectivity index (χ0n) is 7.07. The lowest BCUT2D eigenvalue weighted by molar-refractivity contribution is 0.248. The van der Waals surface area contributed by atoms with Crippen LogP contribution in [-0.4, -0.2) is 0 Å². The lowest BCUT2D eigenvalue weighted by atomic mass is 9.81. The predicted molar refractivity (Wildman–Crippen MR) is 41.3 cm³/mol. The van der Waals surface area contributed by atoms with Crippen molar-refractivity contribution in [1.82, 2.24) is 0 Å². The first-order chi connectivity index (χ1) is 4.04. The molecule has 0 nitrogen and oxygen atoms in total. The maximum atomic E-state index is 2.39. The fourth-order valence-electron chi connectivity index (χ4n) is 1.85. The molecule has 1 rings (SSSR count). The standard InChI is InChI=1S/C9H18/c1-7-5-6-9(3,4)8(7)2/h7-8H,5-6H2,1-4H3/t7-,8+/m0/s1. The highest BCUT2D eigenvalue weighted by molar-refractivity contribution is 4.85. The van der Waals surface area contributed by atoms with E-state index in [0.717, 1.165) is 11.8 Å². The molecular formula is C9H18. The maximum absolute atomic E-state index is 2.39. The Bertz CT molecular complexity index is 103. The van der Waals surface area contributed by atoms with Crippen molar-refractivity contribution in [2.45, 2.75) is 40.5 Å². The van der Waals surface area contributed by atoms with Crippen LogP contribution in [0.25, 0.3) is 0 Å². The highest BCUT2D eigenvalue weighted by atomic mass is 14.4. The van der Waals surface area contributed by atoms with Crippen molar-refractivity contribution in [3.63, 3.8) is 0 Å². The highest BCUT2D eigenvalue weighted by Gasteiger charge is 2.35. The Morgan fingerprint density at radius 1 is 1.22 bits per heavy atom. The van der Waals surface area contributed by atoms with E-state index in [1.54, 1.807) is 0 Å². The van der Waals surface area contributed by atoms with E-state index in [9.17, 15) is 0 Å². The van der Waals surface area contributed by atoms with Gasteiger partial charge in [0.15, 0.2) is 0 Å². The van der Waals surface area contributed by atoms with E-state index in [-0.39, 0.29) is 0 Å². The van der Waals surface area contributed by atoms with E-state index in [1.165, 1.54) is 12.8 Å². The summed E-state index contributed by atoms with van der Waals surface area (Å²) in [5, 5.41) is 0. The third-order valence-corrected chi connectivity index (χ3v) is 3.33. The largest absolute Gasteiger partial charge is 0.0622 e. The van der Waals surface area contributed by atoms with Gasteiger partial charge in [-0.25, -0.2) is 0 Å². The summed E-state index contributed by atoms with van der Waals surface area (Å²) in [6.07, 6.45) is 2.86. The molecule has 0 unspecified atom stereocenters. The van der Waals surface area contributed by atoms with Crippen LogP contribution in [0.15, 0.2) is 0 Å². The third kappa shape index (κ3) is 1.12. The summed E-state index contributed by atoms with van der Waals surface area (Å²) in [5.41, 5.74) is 0.624. The minimum Gasteiger partial charge on any atom is -0.0622 e. The number of hydrogen-bond donors (Lipinski definition) is 0. The van der Waals surface area contributed by atoms with Crippen LogP contribution in [0.5, 0.6) is 0 Å². The van der Waals surface area contributed by atoms with E-state index in [2.05, 4.69) is 27.7 Å². The van der Waals surface area contributed by atoms with Crippen molar-refractivity contribution in [2.75, 3.05) is 0 Å². The first kappa shape index (κ1) is 7.11. The fourth-order valence-corrected chi connectivity index (χ4v) is 1.85. The molecule has 1 fully saturated rings. The van der Waals surface area contributed by atoms with Crippen LogP contribution >= 0.6 is 0 Å². The van der Waals surface area contributed by atoms with Gasteiger partial charge in [0.05, 0.1) is 0 Å². The van der Waals surface area contributed by atoms with Crippen molar-refractivity contribution >= 4 is 0 Å². The molecule has 0 aliphatic heterocycles. The summed E-state index contributed by atoms with van der Waals surface area (Å²) in [6.45, 7) is 9.54. The van der Waals surface area contributed by atoms with E-state index >= 15 is 0 Å². The average molecular weight is 126 g/mol. The second-order valence-corrected chi connectivity index (χ2v) is 4.29. The van der Waals surface area contributed by atoms with Crippen molar-refractivity contribution in [3.05, 3.63) is 0 Å². The van der Waals surface area contributed by atoms with Crippen LogP contribution in [-0.2, 0) is 0 Å². The summed E-state index contributed by atoms with van der Waals surface area (Å²) in [6, 6.07) is 0. The van der Waals surface area contributed by atoms with Gasteiger partial charge in [-0.2, -0.15) is 0 Å². The zero-order valence-corrected chi connectivity index (χ0v) is 7.07. The molecule has 0 aromatic heterocycles. The minimum atomic E-state index is 0.624. The molecule has 0 bridgehead atoms. The summed E-state index contributed by atoms with van der Waals surface area (Å²) in [4.78, 5) is 0. The molecular weight excluding hydrogens is 108 g/mol. The van der Waals surface area contributed by atoms with E-state index < -0.39 is 0 Å². The van der Waals surface area contributed by atoms with Crippen LogP contribution < -0.4 is 0 Å². The molecule has 0 amide bonds. The van der Waals surface area contributed by atoms with Crippen molar-refractivity contribution in [2.24, 2.45) is 17.3 Å². The third-order valence-electron chi connectivity index (χ3n) is 3.33. The van der Waals surface area contributed by atoms with Gasteiger partial charge in [0.25, 0.3) is 0 Å². The molecule has 1 aliphatic carbocycles. The molecule has 1 saturated carbocycles. The first-order valence-electron chi connectivity index (χ1n) is 4.04. The van der Waals surface area contributed by atoms with E-state index in [4.69, 9.17) is 0 Å². The smallest absolute Gasteiger partial charge is 0.0326 e. The van der Waals surface area contributed by atoms with Crippen LogP contribution in [0.2, 0.25) is 0 Å². The Morgan fingerprint density at radius 2 is 1.78 bits per heavy atom. The highest BCUT2D eigenvalue weighted by Crippen LogP contribution is 2.45. The Hall–Kier alpha value is 0. The van der Waals surface area contributed by atoms with Gasteiger partial charge < -0.3 is 0 Å². The lowest BCUT2D eigenvalue weighted by Crippen LogP contribution is -2.17. The fraction of sp³-hybridized carbons (Fsp3) is 1.00. The van der Waals surface area contributed by atoms with Gasteiger partial charge in [-0.05, 0) is 30.1 Å². The summed E-state index contributed by atoms with van der Waals surface area (Å²) in [7, 11) is 0. The Balaban J connectivity index is 2.62. The number of hydrogen-bond acceptors (Lipinski definition) is 0. The molecule has 0 radical (unpaired) electrons. The summed E-state index contributed by atoms with van der Waals surface area (Å²) >= 11 is 0. The molecule has 2 atom stereocenters. The van der Waals surface area contributed by atoms with E-state index in [0.29, 0.717) is 5.41 Å². The van der Waals surface area contributed by atoms with Gasteiger partial charge in [0, 0.05) is 0 Å². The molecule has 0 N–H and O–H groups in total. The number of rotatable bonds is 0. The SMILES string of the molecule is C[C@@H]1[C@@H](C)CCC1(C)C. The molecule has 0 saturated heterocycles. The van der Waals surface area contributed by atoms with Crippen LogP contribution in [0.1, 0.15) is 40.5 Å². The van der Waals surface area contributed by atoms with Gasteiger partial charge in [-0.1, -0.05) is 27.7 Å². The molecule has 0 aromatic carbocycles. The second-order valence-electron chi connectivity index (χ2n) is 4.29. The summed E-state index contributed by atoms with van der Waals surface area (Å²) < 4.78 is 0. The van der Waals surface area contributed by atoms with Gasteiger partial charge in [0.1, 0.15) is 0 Å². The minimum absolute atomic E-state index is 0.624. The van der Waals surface area contributed by atoms with Gasteiger partial charge in [-0.15, -0.1) is 0 Å². The summed E-state index contributed by atoms with van der Waals surface area (Å²) in [5.74, 6) is 1.89. The predicted octanol–water partition coefficient (Wildman–Crippen LogP) is 3.08. The van der Waals surface area contributed by atoms with Crippen LogP contribution in [0, 0.1) is 17.3 Å². The van der Waals surface area contributed by atoms with E-state index in [1.807, 2.05) is 0 Å². The lowest BCUT2D eigenvalue weighted by Gasteiger charge is -2.25. The Morgan fingerprint density at radius 3 is 1.89 bits per heavy atom. The Kier molecular flexibility index (Phi) is 1.58. The van der Waals surface area contributed by atoms with Crippen molar-refractivity contribution in [3.8, 4) is 0 Å². The monoisotopic (exact) mass is 126 g/mol. The molecule has 0 heteroatoms. The second kappa shape index (κ2) is 2.00. The quantitative estimate of drug-likeness (QED) is 0.468. The van der Waals surface area contributed by atoms with Crippen molar-refractivity contribution < 1.29 is 0 Å². The molecule has 1 aliphatic rings. The normalized spacial score (nSPS) is 41.3. The topological polar surface area (TPSA) is 0 Å². The molecule has 0 aromatic rings. The van der Waals surface area contributed by atoms with Gasteiger partial charge in [0.2, 0.25) is 0 Å². The van der Waals surface area contributed by atoms with Crippen LogP contribution in [0.3, 0.4) is 0 Å². The van der Waals surface area contributed by atoms with Crippen molar-refractivity contribution in [1.29, 1.82) is 0 Å². The first-order valence-corrected chi connectivity index (χ1v) is 4.04. The molecule has 9 heavy (non-hydrogen) atoms. The molecule has 0 spiro atoms. The average Bonchev–Trinajstić information content (AvgIpc) is 1.97. The van der Waals surface area contributed by atoms with Crippen LogP contribution in [0.4, 0.5) is 0 Å². The van der Waals surface area contributed by atoms with Gasteiger partial charge in [-0.3, -0.25) is 0 Å². The molecule has 54 valence electrons. The van der Waals surface area contributed by atoms with Gasteiger partial charge >= 0.3 is 0 Å². The zero-order chi connectivity index (χ0) is 7.07.